The third-order valence-corrected chi connectivity index (χ3v) is 2.47. The van der Waals surface area contributed by atoms with Crippen LogP contribution in [-0.2, 0) is 9.53 Å². The van der Waals surface area contributed by atoms with Gasteiger partial charge in [0, 0.05) is 6.42 Å². The molecular weight excluding hydrogens is 230 g/mol. The van der Waals surface area contributed by atoms with Crippen molar-refractivity contribution in [1.29, 1.82) is 0 Å². The number of nitrogens with zero attached hydrogens (tertiary/aromatic N) is 1. The van der Waals surface area contributed by atoms with Crippen molar-refractivity contribution < 1.29 is 29.2 Å². The number of aliphatic hydroxyl groups excluding tert-OH is 1. The van der Waals surface area contributed by atoms with Crippen molar-refractivity contribution in [3.05, 3.63) is 5.21 Å². The largest absolute Gasteiger partial charge is 0.622 e. The fourth-order valence-corrected chi connectivity index (χ4v) is 1.76. The number of quaternary nitrogens is 1. The lowest BCUT2D eigenvalue weighted by Gasteiger charge is -2.38. The second kappa shape index (κ2) is 4.25. The van der Waals surface area contributed by atoms with Crippen LogP contribution in [0.15, 0.2) is 0 Å². The minimum atomic E-state index is -1.66. The fourth-order valence-electron chi connectivity index (χ4n) is 1.76. The first kappa shape index (κ1) is 13.9. The molecule has 1 aliphatic heterocycles. The number of hydrogen-bond donors (Lipinski definition) is 2. The molecule has 98 valence electrons. The quantitative estimate of drug-likeness (QED) is 0.514. The molecule has 1 fully saturated rings. The van der Waals surface area contributed by atoms with Gasteiger partial charge in [-0.25, -0.2) is 9.44 Å². The van der Waals surface area contributed by atoms with Crippen LogP contribution < -0.4 is 0 Å². The van der Waals surface area contributed by atoms with E-state index >= 15 is 0 Å². The molecule has 0 aromatic carbocycles. The molecule has 17 heavy (non-hydrogen) atoms. The molecule has 0 spiro atoms. The minimum absolute atomic E-state index is 0.238. The third-order valence-electron chi connectivity index (χ3n) is 2.47. The van der Waals surface area contributed by atoms with Gasteiger partial charge in [-0.15, -0.1) is 0 Å². The molecule has 0 bridgehead atoms. The summed E-state index contributed by atoms with van der Waals surface area (Å²) in [7, 11) is 0. The van der Waals surface area contributed by atoms with Crippen molar-refractivity contribution in [3.8, 4) is 0 Å². The number of aliphatic hydroxyl groups is 1. The summed E-state index contributed by atoms with van der Waals surface area (Å²) in [6.07, 6.45) is -2.50. The Morgan fingerprint density at radius 2 is 1.94 bits per heavy atom. The van der Waals surface area contributed by atoms with E-state index in [-0.39, 0.29) is 6.42 Å². The molecule has 1 amide bonds. The summed E-state index contributed by atoms with van der Waals surface area (Å²) in [5.74, 6) is -1.40. The smallest absolute Gasteiger partial charge is 0.517 e. The standard InChI is InChI=1S/C10H17NO6/c1-10(2,3)17-9(15)11(16)5-6(12)4-7(11)8(13)14/h6-7,12H,4-5H2,1-3H3,(H,13,14)/t6-,7+,11?/m1/s1. The molecular formula is C10H17NO6. The van der Waals surface area contributed by atoms with Gasteiger partial charge in [-0.05, 0) is 20.8 Å². The monoisotopic (exact) mass is 247 g/mol. The molecule has 0 saturated carbocycles. The molecule has 2 N–H and O–H groups in total. The molecule has 0 aromatic rings. The minimum Gasteiger partial charge on any atom is -0.622 e. The highest BCUT2D eigenvalue weighted by atomic mass is 16.7. The molecule has 1 unspecified atom stereocenters. The van der Waals surface area contributed by atoms with Crippen LogP contribution in [0.5, 0.6) is 0 Å². The van der Waals surface area contributed by atoms with Gasteiger partial charge in [0.15, 0.2) is 6.04 Å². The van der Waals surface area contributed by atoms with Gasteiger partial charge in [-0.2, -0.15) is 4.79 Å². The third kappa shape index (κ3) is 2.93. The van der Waals surface area contributed by atoms with E-state index in [0.29, 0.717) is 0 Å². The van der Waals surface area contributed by atoms with Crippen molar-refractivity contribution in [3.63, 3.8) is 0 Å². The number of hydroxylamine groups is 3. The van der Waals surface area contributed by atoms with Gasteiger partial charge in [-0.3, -0.25) is 0 Å². The molecule has 7 nitrogen and oxygen atoms in total. The number of rotatable bonds is 1. The van der Waals surface area contributed by atoms with E-state index < -0.39 is 41.0 Å². The van der Waals surface area contributed by atoms with Crippen molar-refractivity contribution in [2.24, 2.45) is 0 Å². The zero-order chi connectivity index (χ0) is 13.4. The molecule has 0 aliphatic carbocycles. The van der Waals surface area contributed by atoms with E-state index in [9.17, 15) is 19.9 Å². The van der Waals surface area contributed by atoms with E-state index in [2.05, 4.69) is 0 Å². The molecule has 1 rings (SSSR count). The normalized spacial score (nSPS) is 33.5. The second-order valence-corrected chi connectivity index (χ2v) is 5.20. The van der Waals surface area contributed by atoms with Crippen LogP contribution in [0.1, 0.15) is 27.2 Å². The number of carboxylic acid groups (broad SMARTS) is 1. The van der Waals surface area contributed by atoms with Crippen molar-refractivity contribution in [2.75, 3.05) is 6.54 Å². The maximum absolute atomic E-state index is 12.2. The first-order valence-corrected chi connectivity index (χ1v) is 5.29. The predicted octanol–water partition coefficient (Wildman–Crippen LogP) is 0.454. The Bertz CT molecular complexity index is 336. The van der Waals surface area contributed by atoms with Gasteiger partial charge in [-0.1, -0.05) is 0 Å². The molecule has 1 saturated heterocycles. The van der Waals surface area contributed by atoms with Crippen molar-refractivity contribution in [1.82, 2.24) is 0 Å². The van der Waals surface area contributed by atoms with Gasteiger partial charge < -0.3 is 20.2 Å². The number of carbonyl (C=O) groups is 2. The average Bonchev–Trinajstić information content (AvgIpc) is 2.40. The Balaban J connectivity index is 2.92. The Hall–Kier alpha value is -1.18. The molecule has 0 aromatic heterocycles. The number of likely N-dealkylation sites (tertiary alicyclic amines) is 1. The molecule has 1 heterocycles. The topological polar surface area (TPSA) is 107 Å². The predicted molar refractivity (Wildman–Crippen MR) is 56.8 cm³/mol. The number of carbonyl (C=O) groups excluding carboxylic acids is 1. The number of amides is 1. The summed E-state index contributed by atoms with van der Waals surface area (Å²) >= 11 is 0. The first-order valence-electron chi connectivity index (χ1n) is 5.29. The van der Waals surface area contributed by atoms with Crippen LogP contribution in [0.4, 0.5) is 4.79 Å². The van der Waals surface area contributed by atoms with Gasteiger partial charge in [0.25, 0.3) is 0 Å². The van der Waals surface area contributed by atoms with Gasteiger partial charge >= 0.3 is 12.1 Å². The van der Waals surface area contributed by atoms with Crippen molar-refractivity contribution >= 4 is 12.1 Å². The zero-order valence-corrected chi connectivity index (χ0v) is 10.0. The van der Waals surface area contributed by atoms with Crippen LogP contribution in [0.2, 0.25) is 0 Å². The van der Waals surface area contributed by atoms with E-state index in [0.717, 1.165) is 0 Å². The number of hydrogen-bond acceptors (Lipinski definition) is 5. The van der Waals surface area contributed by atoms with Crippen molar-refractivity contribution in [2.45, 2.75) is 44.9 Å². The number of aliphatic carboxylic acids is 1. The molecule has 1 aliphatic rings. The van der Waals surface area contributed by atoms with Crippen LogP contribution in [-0.4, -0.2) is 51.2 Å². The Labute approximate surface area is 98.8 Å². The zero-order valence-electron chi connectivity index (χ0n) is 10.0. The maximum Gasteiger partial charge on any atom is 0.517 e. The Morgan fingerprint density at radius 3 is 2.35 bits per heavy atom. The lowest BCUT2D eigenvalue weighted by atomic mass is 10.2. The molecule has 0 radical (unpaired) electrons. The lowest BCUT2D eigenvalue weighted by Crippen LogP contribution is -2.56. The highest BCUT2D eigenvalue weighted by Crippen LogP contribution is 2.29. The fraction of sp³-hybridized carbons (Fsp3) is 0.800. The van der Waals surface area contributed by atoms with E-state index in [1.807, 2.05) is 0 Å². The van der Waals surface area contributed by atoms with Crippen LogP contribution in [0, 0.1) is 5.21 Å². The van der Waals surface area contributed by atoms with Crippen LogP contribution >= 0.6 is 0 Å². The maximum atomic E-state index is 12.2. The Kier molecular flexibility index (Phi) is 3.47. The summed E-state index contributed by atoms with van der Waals surface area (Å²) in [5, 5.41) is 30.4. The van der Waals surface area contributed by atoms with Gasteiger partial charge in [0.1, 0.15) is 18.2 Å². The summed E-state index contributed by atoms with van der Waals surface area (Å²) < 4.78 is 3.24. The summed E-state index contributed by atoms with van der Waals surface area (Å²) in [5.41, 5.74) is -0.872. The highest BCUT2D eigenvalue weighted by Gasteiger charge is 2.52. The highest BCUT2D eigenvalue weighted by molar-refractivity contribution is 5.76. The number of ether oxygens (including phenoxy) is 1. The van der Waals surface area contributed by atoms with E-state index in [1.165, 1.54) is 0 Å². The van der Waals surface area contributed by atoms with Crippen LogP contribution in [0.25, 0.3) is 0 Å². The SMILES string of the molecule is CC(C)(C)OC(=O)[N+]1([O-])C[C@H](O)C[C@H]1C(=O)O. The van der Waals surface area contributed by atoms with E-state index in [1.54, 1.807) is 20.8 Å². The lowest BCUT2D eigenvalue weighted by molar-refractivity contribution is -0.813. The molecule has 3 atom stereocenters. The average molecular weight is 247 g/mol. The summed E-state index contributed by atoms with van der Waals surface area (Å²) in [6.45, 7) is 4.27. The number of carboxylic acids is 1. The molecule has 7 heteroatoms. The summed E-state index contributed by atoms with van der Waals surface area (Å²) in [4.78, 5) is 22.6. The van der Waals surface area contributed by atoms with E-state index in [4.69, 9.17) is 9.84 Å². The van der Waals surface area contributed by atoms with Gasteiger partial charge in [0.2, 0.25) is 0 Å². The Morgan fingerprint density at radius 1 is 1.41 bits per heavy atom. The first-order chi connectivity index (χ1) is 7.56. The second-order valence-electron chi connectivity index (χ2n) is 5.20. The van der Waals surface area contributed by atoms with Crippen LogP contribution in [0.3, 0.4) is 0 Å². The summed E-state index contributed by atoms with van der Waals surface area (Å²) in [6, 6.07) is -1.50. The van der Waals surface area contributed by atoms with Gasteiger partial charge in [0.05, 0.1) is 0 Å².